The number of phenolic OH excluding ortho intramolecular Hbond substituents is 1. The summed E-state index contributed by atoms with van der Waals surface area (Å²) in [4.78, 5) is 2.61. The predicted octanol–water partition coefficient (Wildman–Crippen LogP) is 6.51. The number of unbranched alkanes of at least 4 members (excludes halogenated alkanes) is 2. The van der Waals surface area contributed by atoms with Crippen LogP contribution in [0, 0.1) is 0 Å². The third-order valence-corrected chi connectivity index (χ3v) is 7.36. The van der Waals surface area contributed by atoms with Crippen molar-refractivity contribution in [1.29, 1.82) is 0 Å². The van der Waals surface area contributed by atoms with Crippen LogP contribution in [0.5, 0.6) is 11.5 Å². The van der Waals surface area contributed by atoms with E-state index in [1.54, 1.807) is 12.1 Å². The van der Waals surface area contributed by atoms with Crippen LogP contribution in [0.4, 0.5) is 0 Å². The largest absolute Gasteiger partial charge is 0.508 e. The van der Waals surface area contributed by atoms with Crippen LogP contribution in [-0.2, 0) is 6.42 Å². The monoisotopic (exact) mass is 441 g/mol. The summed E-state index contributed by atoms with van der Waals surface area (Å²) in [5.74, 6) is 1.52. The lowest BCUT2D eigenvalue weighted by Crippen LogP contribution is -2.25. The highest BCUT2D eigenvalue weighted by Crippen LogP contribution is 2.46. The molecule has 0 aromatic heterocycles. The first-order valence-electron chi connectivity index (χ1n) is 12.6. The van der Waals surface area contributed by atoms with E-state index in [-0.39, 0.29) is 17.6 Å². The molecule has 0 unspecified atom stereocenters. The number of ether oxygens (including phenoxy) is 1. The molecule has 1 fully saturated rings. The maximum Gasteiger partial charge on any atom is 0.126 e. The van der Waals surface area contributed by atoms with Crippen LogP contribution < -0.4 is 4.74 Å². The van der Waals surface area contributed by atoms with Gasteiger partial charge in [0.15, 0.2) is 0 Å². The van der Waals surface area contributed by atoms with Crippen LogP contribution in [0.15, 0.2) is 72.8 Å². The number of hydrogen-bond acceptors (Lipinski definition) is 3. The summed E-state index contributed by atoms with van der Waals surface area (Å²) in [5.41, 5.74) is 5.19. The normalized spacial score (nSPS) is 20.4. The van der Waals surface area contributed by atoms with Crippen molar-refractivity contribution in [3.63, 3.8) is 0 Å². The highest BCUT2D eigenvalue weighted by atomic mass is 16.5. The molecule has 2 heterocycles. The molecule has 5 rings (SSSR count). The Morgan fingerprint density at radius 3 is 2.39 bits per heavy atom. The Kier molecular flexibility index (Phi) is 6.97. The highest BCUT2D eigenvalue weighted by molar-refractivity contribution is 5.50. The Hall–Kier alpha value is -2.78. The van der Waals surface area contributed by atoms with Crippen LogP contribution in [0.25, 0.3) is 0 Å². The standard InChI is InChI=1S/C30H35NO2/c32-26-16-17-27-29(21-26)33-22-28(24-10-4-1-5-11-24)30(27)25-14-12-23(13-15-25)9-3-2-6-18-31-19-7-8-20-31/h1,4-5,10-17,21,28,30,32H,2-3,6-9,18-20,22H2/t28-,30-/m0/s1. The molecule has 1 N–H and O–H groups in total. The van der Waals surface area contributed by atoms with E-state index in [1.807, 2.05) is 6.07 Å². The van der Waals surface area contributed by atoms with Gasteiger partial charge in [0.05, 0.1) is 6.61 Å². The maximum absolute atomic E-state index is 9.96. The second-order valence-electron chi connectivity index (χ2n) is 9.63. The van der Waals surface area contributed by atoms with Gasteiger partial charge in [-0.15, -0.1) is 0 Å². The van der Waals surface area contributed by atoms with Gasteiger partial charge in [0.25, 0.3) is 0 Å². The van der Waals surface area contributed by atoms with Crippen LogP contribution in [-0.4, -0.2) is 36.2 Å². The van der Waals surface area contributed by atoms with Gasteiger partial charge < -0.3 is 14.7 Å². The van der Waals surface area contributed by atoms with Crippen molar-refractivity contribution in [2.24, 2.45) is 0 Å². The van der Waals surface area contributed by atoms with Crippen molar-refractivity contribution in [2.45, 2.75) is 50.4 Å². The minimum Gasteiger partial charge on any atom is -0.508 e. The summed E-state index contributed by atoms with van der Waals surface area (Å²) in [6, 6.07) is 25.5. The summed E-state index contributed by atoms with van der Waals surface area (Å²) < 4.78 is 6.10. The number of benzene rings is 3. The molecule has 0 spiro atoms. The smallest absolute Gasteiger partial charge is 0.126 e. The second-order valence-corrected chi connectivity index (χ2v) is 9.63. The molecular formula is C30H35NO2. The van der Waals surface area contributed by atoms with Gasteiger partial charge >= 0.3 is 0 Å². The van der Waals surface area contributed by atoms with E-state index in [2.05, 4.69) is 59.5 Å². The summed E-state index contributed by atoms with van der Waals surface area (Å²) in [6.07, 6.45) is 7.82. The molecule has 0 aliphatic carbocycles. The van der Waals surface area contributed by atoms with Gasteiger partial charge in [0.1, 0.15) is 11.5 Å². The maximum atomic E-state index is 9.96. The molecule has 0 saturated carbocycles. The fourth-order valence-electron chi connectivity index (χ4n) is 5.54. The van der Waals surface area contributed by atoms with Crippen LogP contribution in [0.2, 0.25) is 0 Å². The number of phenols is 1. The van der Waals surface area contributed by atoms with Gasteiger partial charge in [-0.05, 0) is 74.5 Å². The zero-order valence-electron chi connectivity index (χ0n) is 19.5. The zero-order chi connectivity index (χ0) is 22.5. The number of rotatable bonds is 8. The zero-order valence-corrected chi connectivity index (χ0v) is 19.5. The minimum absolute atomic E-state index is 0.214. The number of aryl methyl sites for hydroxylation is 1. The molecule has 0 radical (unpaired) electrons. The molecule has 3 aromatic carbocycles. The van der Waals surface area contributed by atoms with Crippen molar-refractivity contribution in [3.8, 4) is 11.5 Å². The topological polar surface area (TPSA) is 32.7 Å². The molecular weight excluding hydrogens is 406 g/mol. The van der Waals surface area contributed by atoms with Crippen molar-refractivity contribution >= 4 is 0 Å². The van der Waals surface area contributed by atoms with Gasteiger partial charge in [-0.1, -0.05) is 67.1 Å². The highest BCUT2D eigenvalue weighted by Gasteiger charge is 2.33. The van der Waals surface area contributed by atoms with E-state index >= 15 is 0 Å². The van der Waals surface area contributed by atoms with Gasteiger partial charge in [0.2, 0.25) is 0 Å². The molecule has 2 atom stereocenters. The van der Waals surface area contributed by atoms with E-state index in [0.29, 0.717) is 6.61 Å². The fourth-order valence-corrected chi connectivity index (χ4v) is 5.54. The molecule has 3 heteroatoms. The van der Waals surface area contributed by atoms with Crippen molar-refractivity contribution in [2.75, 3.05) is 26.2 Å². The van der Waals surface area contributed by atoms with Gasteiger partial charge in [-0.3, -0.25) is 0 Å². The number of likely N-dealkylation sites (tertiary alicyclic amines) is 1. The van der Waals surface area contributed by atoms with E-state index < -0.39 is 0 Å². The van der Waals surface area contributed by atoms with Crippen LogP contribution in [0.3, 0.4) is 0 Å². The first-order valence-corrected chi connectivity index (χ1v) is 12.6. The van der Waals surface area contributed by atoms with E-state index in [4.69, 9.17) is 4.74 Å². The molecule has 2 aliphatic heterocycles. The number of hydrogen-bond donors (Lipinski definition) is 1. The Labute approximate surface area is 198 Å². The van der Waals surface area contributed by atoms with Gasteiger partial charge in [0, 0.05) is 23.5 Å². The Bertz CT molecular complexity index is 1020. The number of nitrogens with zero attached hydrogens (tertiary/aromatic N) is 1. The lowest BCUT2D eigenvalue weighted by Gasteiger charge is -2.34. The molecule has 0 bridgehead atoms. The van der Waals surface area contributed by atoms with Crippen molar-refractivity contribution in [1.82, 2.24) is 4.90 Å². The van der Waals surface area contributed by atoms with Crippen LogP contribution in [0.1, 0.15) is 66.2 Å². The molecule has 0 amide bonds. The van der Waals surface area contributed by atoms with E-state index in [0.717, 1.165) is 17.7 Å². The average molecular weight is 442 g/mol. The second kappa shape index (κ2) is 10.4. The van der Waals surface area contributed by atoms with Crippen molar-refractivity contribution < 1.29 is 9.84 Å². The summed E-state index contributed by atoms with van der Waals surface area (Å²) in [5, 5.41) is 9.96. The molecule has 33 heavy (non-hydrogen) atoms. The summed E-state index contributed by atoms with van der Waals surface area (Å²) >= 11 is 0. The van der Waals surface area contributed by atoms with Gasteiger partial charge in [-0.25, -0.2) is 0 Å². The third kappa shape index (κ3) is 5.25. The molecule has 1 saturated heterocycles. The number of fused-ring (bicyclic) bond motifs is 1. The van der Waals surface area contributed by atoms with Crippen molar-refractivity contribution in [3.05, 3.63) is 95.1 Å². The van der Waals surface area contributed by atoms with E-state index in [1.165, 1.54) is 68.4 Å². The van der Waals surface area contributed by atoms with E-state index in [9.17, 15) is 5.11 Å². The Morgan fingerprint density at radius 1 is 0.818 bits per heavy atom. The lowest BCUT2D eigenvalue weighted by molar-refractivity contribution is 0.248. The quantitative estimate of drug-likeness (QED) is 0.405. The summed E-state index contributed by atoms with van der Waals surface area (Å²) in [6.45, 7) is 4.50. The SMILES string of the molecule is Oc1ccc2c(c1)OC[C@@H](c1ccccc1)[C@H]2c1ccc(CCCCCN2CCCC2)cc1. The minimum atomic E-state index is 0.214. The molecule has 2 aliphatic rings. The molecule has 3 nitrogen and oxygen atoms in total. The first-order chi connectivity index (χ1) is 16.3. The summed E-state index contributed by atoms with van der Waals surface area (Å²) in [7, 11) is 0. The van der Waals surface area contributed by atoms with Gasteiger partial charge in [-0.2, -0.15) is 0 Å². The lowest BCUT2D eigenvalue weighted by atomic mass is 9.75. The molecule has 3 aromatic rings. The molecule has 172 valence electrons. The first kappa shape index (κ1) is 22.0. The fraction of sp³-hybridized carbons (Fsp3) is 0.400. The third-order valence-electron chi connectivity index (χ3n) is 7.36. The Balaban J connectivity index is 1.28. The predicted molar refractivity (Wildman–Crippen MR) is 134 cm³/mol. The number of aromatic hydroxyl groups is 1. The Morgan fingerprint density at radius 2 is 1.61 bits per heavy atom. The average Bonchev–Trinajstić information content (AvgIpc) is 3.38. The van der Waals surface area contributed by atoms with Crippen LogP contribution >= 0.6 is 0 Å².